The van der Waals surface area contributed by atoms with Crippen molar-refractivity contribution in [2.45, 2.75) is 33.2 Å². The zero-order valence-corrected chi connectivity index (χ0v) is 16.9. The van der Waals surface area contributed by atoms with Crippen LogP contribution in [-0.4, -0.2) is 50.1 Å². The standard InChI is InChI=1S/C17H29FN4.HI/c1-5-22(14(2)3)13-12-21-17(19-4)20-11-10-15-8-6-7-9-16(15)18;/h6-9,14H,5,10-13H2,1-4H3,(H2,19,20,21);1H. The van der Waals surface area contributed by atoms with Crippen molar-refractivity contribution in [1.29, 1.82) is 0 Å². The van der Waals surface area contributed by atoms with Gasteiger partial charge < -0.3 is 10.6 Å². The highest BCUT2D eigenvalue weighted by atomic mass is 127. The zero-order valence-electron chi connectivity index (χ0n) is 14.6. The van der Waals surface area contributed by atoms with Gasteiger partial charge in [-0.1, -0.05) is 25.1 Å². The van der Waals surface area contributed by atoms with Gasteiger partial charge in [-0.25, -0.2) is 4.39 Å². The summed E-state index contributed by atoms with van der Waals surface area (Å²) >= 11 is 0. The van der Waals surface area contributed by atoms with Gasteiger partial charge in [0, 0.05) is 32.7 Å². The smallest absolute Gasteiger partial charge is 0.191 e. The van der Waals surface area contributed by atoms with E-state index in [9.17, 15) is 4.39 Å². The number of nitrogens with one attached hydrogen (secondary N) is 2. The van der Waals surface area contributed by atoms with Gasteiger partial charge in [-0.15, -0.1) is 24.0 Å². The molecule has 0 heterocycles. The lowest BCUT2D eigenvalue weighted by Gasteiger charge is -2.25. The first-order valence-electron chi connectivity index (χ1n) is 8.00. The number of likely N-dealkylation sites (N-methyl/N-ethyl adjacent to an activating group) is 1. The minimum atomic E-state index is -0.150. The maximum atomic E-state index is 13.5. The van der Waals surface area contributed by atoms with E-state index < -0.39 is 0 Å². The second-order valence-corrected chi connectivity index (χ2v) is 5.49. The first kappa shape index (κ1) is 22.1. The molecule has 0 radical (unpaired) electrons. The van der Waals surface area contributed by atoms with E-state index in [1.54, 1.807) is 13.1 Å². The van der Waals surface area contributed by atoms with Crippen LogP contribution in [0.3, 0.4) is 0 Å². The maximum absolute atomic E-state index is 13.5. The van der Waals surface area contributed by atoms with Crippen LogP contribution in [0.25, 0.3) is 0 Å². The largest absolute Gasteiger partial charge is 0.356 e. The molecule has 0 atom stereocenters. The molecular weight excluding hydrogens is 406 g/mol. The van der Waals surface area contributed by atoms with Gasteiger partial charge in [-0.05, 0) is 38.4 Å². The molecule has 132 valence electrons. The Hall–Kier alpha value is -0.890. The Bertz CT molecular complexity index is 466. The van der Waals surface area contributed by atoms with Crippen LogP contribution < -0.4 is 10.6 Å². The number of aliphatic imine (C=N–C) groups is 1. The minimum absolute atomic E-state index is 0. The van der Waals surface area contributed by atoms with Crippen LogP contribution in [-0.2, 0) is 6.42 Å². The average molecular weight is 436 g/mol. The molecule has 0 aliphatic heterocycles. The van der Waals surface area contributed by atoms with E-state index in [0.29, 0.717) is 19.0 Å². The third-order valence-corrected chi connectivity index (χ3v) is 3.70. The molecule has 0 aliphatic carbocycles. The van der Waals surface area contributed by atoms with Gasteiger partial charge in [0.2, 0.25) is 0 Å². The molecule has 1 rings (SSSR count). The first-order valence-corrected chi connectivity index (χ1v) is 8.00. The summed E-state index contributed by atoms with van der Waals surface area (Å²) in [7, 11) is 1.75. The van der Waals surface area contributed by atoms with Crippen molar-refractivity contribution in [2.24, 2.45) is 4.99 Å². The van der Waals surface area contributed by atoms with Gasteiger partial charge in [-0.3, -0.25) is 9.89 Å². The molecular formula is C17H30FIN4. The molecule has 0 saturated heterocycles. The van der Waals surface area contributed by atoms with Gasteiger partial charge in [0.15, 0.2) is 5.96 Å². The Morgan fingerprint density at radius 3 is 2.43 bits per heavy atom. The average Bonchev–Trinajstić information content (AvgIpc) is 2.51. The van der Waals surface area contributed by atoms with Crippen LogP contribution >= 0.6 is 24.0 Å². The molecule has 1 aromatic carbocycles. The van der Waals surface area contributed by atoms with E-state index >= 15 is 0 Å². The highest BCUT2D eigenvalue weighted by Crippen LogP contribution is 2.06. The number of rotatable bonds is 8. The fourth-order valence-corrected chi connectivity index (χ4v) is 2.34. The number of benzene rings is 1. The molecule has 0 spiro atoms. The van der Waals surface area contributed by atoms with Gasteiger partial charge in [0.05, 0.1) is 0 Å². The number of hydrogen-bond acceptors (Lipinski definition) is 2. The Morgan fingerprint density at radius 2 is 1.87 bits per heavy atom. The third-order valence-electron chi connectivity index (χ3n) is 3.70. The highest BCUT2D eigenvalue weighted by molar-refractivity contribution is 14.0. The van der Waals surface area contributed by atoms with E-state index in [0.717, 1.165) is 31.2 Å². The molecule has 0 saturated carbocycles. The summed E-state index contributed by atoms with van der Waals surface area (Å²) in [6.07, 6.45) is 0.639. The first-order chi connectivity index (χ1) is 10.6. The van der Waals surface area contributed by atoms with Gasteiger partial charge >= 0.3 is 0 Å². The molecule has 0 aromatic heterocycles. The van der Waals surface area contributed by atoms with E-state index in [4.69, 9.17) is 0 Å². The molecule has 0 amide bonds. The summed E-state index contributed by atoms with van der Waals surface area (Å²) in [5.74, 6) is 0.610. The summed E-state index contributed by atoms with van der Waals surface area (Å²) in [6.45, 7) is 10.1. The highest BCUT2D eigenvalue weighted by Gasteiger charge is 2.06. The zero-order chi connectivity index (χ0) is 16.4. The number of nitrogens with zero attached hydrogens (tertiary/aromatic N) is 2. The van der Waals surface area contributed by atoms with Crippen molar-refractivity contribution in [2.75, 3.05) is 33.2 Å². The van der Waals surface area contributed by atoms with Crippen molar-refractivity contribution in [3.05, 3.63) is 35.6 Å². The van der Waals surface area contributed by atoms with Crippen LogP contribution in [0.2, 0.25) is 0 Å². The second kappa shape index (κ2) is 12.5. The molecule has 4 nitrogen and oxygen atoms in total. The molecule has 0 unspecified atom stereocenters. The van der Waals surface area contributed by atoms with Crippen molar-refractivity contribution >= 4 is 29.9 Å². The molecule has 0 bridgehead atoms. The Morgan fingerprint density at radius 1 is 1.22 bits per heavy atom. The molecule has 0 fully saturated rings. The van der Waals surface area contributed by atoms with E-state index in [-0.39, 0.29) is 29.8 Å². The van der Waals surface area contributed by atoms with Crippen LogP contribution in [0, 0.1) is 5.82 Å². The summed E-state index contributed by atoms with van der Waals surface area (Å²) in [5, 5.41) is 6.51. The number of halogens is 2. The van der Waals surface area contributed by atoms with E-state index in [1.165, 1.54) is 6.07 Å². The Kier molecular flexibility index (Phi) is 12.0. The Labute approximate surface area is 157 Å². The predicted octanol–water partition coefficient (Wildman–Crippen LogP) is 2.88. The summed E-state index contributed by atoms with van der Waals surface area (Å²) < 4.78 is 13.5. The molecule has 6 heteroatoms. The summed E-state index contributed by atoms with van der Waals surface area (Å²) in [6, 6.07) is 7.42. The van der Waals surface area contributed by atoms with Gasteiger partial charge in [-0.2, -0.15) is 0 Å². The summed E-state index contributed by atoms with van der Waals surface area (Å²) in [5.41, 5.74) is 0.724. The molecule has 1 aromatic rings. The maximum Gasteiger partial charge on any atom is 0.191 e. The topological polar surface area (TPSA) is 39.7 Å². The van der Waals surface area contributed by atoms with Crippen molar-refractivity contribution in [3.63, 3.8) is 0 Å². The quantitative estimate of drug-likeness (QED) is 0.374. The minimum Gasteiger partial charge on any atom is -0.356 e. The second-order valence-electron chi connectivity index (χ2n) is 5.49. The van der Waals surface area contributed by atoms with Gasteiger partial charge in [0.1, 0.15) is 5.82 Å². The monoisotopic (exact) mass is 436 g/mol. The van der Waals surface area contributed by atoms with Crippen LogP contribution in [0.5, 0.6) is 0 Å². The van der Waals surface area contributed by atoms with E-state index in [1.807, 2.05) is 12.1 Å². The van der Waals surface area contributed by atoms with Crippen LogP contribution in [0.1, 0.15) is 26.3 Å². The number of hydrogen-bond donors (Lipinski definition) is 2. The normalized spacial score (nSPS) is 11.5. The van der Waals surface area contributed by atoms with Crippen molar-refractivity contribution in [3.8, 4) is 0 Å². The third kappa shape index (κ3) is 8.50. The predicted molar refractivity (Wildman–Crippen MR) is 107 cm³/mol. The fourth-order valence-electron chi connectivity index (χ4n) is 2.34. The lowest BCUT2D eigenvalue weighted by atomic mass is 10.1. The molecule has 2 N–H and O–H groups in total. The number of guanidine groups is 1. The van der Waals surface area contributed by atoms with Crippen LogP contribution in [0.4, 0.5) is 4.39 Å². The van der Waals surface area contributed by atoms with Crippen molar-refractivity contribution in [1.82, 2.24) is 15.5 Å². The molecule has 0 aliphatic rings. The SMILES string of the molecule is CCN(CCNC(=NC)NCCc1ccccc1F)C(C)C.I. The molecule has 23 heavy (non-hydrogen) atoms. The van der Waals surface area contributed by atoms with E-state index in [2.05, 4.69) is 41.3 Å². The lowest BCUT2D eigenvalue weighted by molar-refractivity contribution is 0.237. The fraction of sp³-hybridized carbons (Fsp3) is 0.588. The lowest BCUT2D eigenvalue weighted by Crippen LogP contribution is -2.43. The van der Waals surface area contributed by atoms with Crippen molar-refractivity contribution < 1.29 is 4.39 Å². The van der Waals surface area contributed by atoms with Gasteiger partial charge in [0.25, 0.3) is 0 Å². The van der Waals surface area contributed by atoms with Crippen LogP contribution in [0.15, 0.2) is 29.3 Å². The Balaban J connectivity index is 0.00000484. The summed E-state index contributed by atoms with van der Waals surface area (Å²) in [4.78, 5) is 6.58.